The van der Waals surface area contributed by atoms with E-state index in [1.54, 1.807) is 11.8 Å². The highest BCUT2D eigenvalue weighted by Crippen LogP contribution is 2.21. The molecule has 0 bridgehead atoms. The van der Waals surface area contributed by atoms with Gasteiger partial charge in [0.1, 0.15) is 0 Å². The van der Waals surface area contributed by atoms with Crippen LogP contribution < -0.4 is 10.6 Å². The molecule has 1 aromatic rings. The van der Waals surface area contributed by atoms with E-state index in [4.69, 9.17) is 0 Å². The number of carbonyl (C=O) groups excluding carboxylic acids is 1. The molecule has 2 N–H and O–H groups in total. The molecule has 0 spiro atoms. The van der Waals surface area contributed by atoms with Crippen LogP contribution >= 0.6 is 24.2 Å². The Labute approximate surface area is 131 Å². The Kier molecular flexibility index (Phi) is 7.41. The smallest absolute Gasteiger partial charge is 0.221 e. The first-order chi connectivity index (χ1) is 9.19. The third kappa shape index (κ3) is 5.00. The van der Waals surface area contributed by atoms with Crippen LogP contribution in [-0.2, 0) is 11.3 Å². The van der Waals surface area contributed by atoms with Gasteiger partial charge in [0.15, 0.2) is 0 Å². The number of rotatable bonds is 5. The van der Waals surface area contributed by atoms with E-state index in [0.29, 0.717) is 19.0 Å². The molecule has 1 unspecified atom stereocenters. The molecular formula is C15H23ClN2OS. The molecule has 0 radical (unpaired) electrons. The molecule has 0 aliphatic carbocycles. The normalized spacial score (nSPS) is 17.6. The average Bonchev–Trinajstić information content (AvgIpc) is 2.90. The molecule has 20 heavy (non-hydrogen) atoms. The molecule has 1 fully saturated rings. The first kappa shape index (κ1) is 17.3. The number of hydrogen-bond acceptors (Lipinski definition) is 3. The number of benzene rings is 1. The van der Waals surface area contributed by atoms with Gasteiger partial charge in [-0.2, -0.15) is 0 Å². The molecule has 2 rings (SSSR count). The summed E-state index contributed by atoms with van der Waals surface area (Å²) < 4.78 is 0. The van der Waals surface area contributed by atoms with Crippen molar-refractivity contribution in [3.8, 4) is 0 Å². The van der Waals surface area contributed by atoms with Crippen LogP contribution in [0.25, 0.3) is 0 Å². The van der Waals surface area contributed by atoms with Gasteiger partial charge >= 0.3 is 0 Å². The Morgan fingerprint density at radius 1 is 1.50 bits per heavy atom. The van der Waals surface area contributed by atoms with Crippen molar-refractivity contribution in [2.45, 2.75) is 43.7 Å². The highest BCUT2D eigenvalue weighted by molar-refractivity contribution is 7.98. The van der Waals surface area contributed by atoms with E-state index in [-0.39, 0.29) is 18.3 Å². The Bertz CT molecular complexity index is 447. The minimum Gasteiger partial charge on any atom is -0.352 e. The van der Waals surface area contributed by atoms with E-state index in [0.717, 1.165) is 13.0 Å². The van der Waals surface area contributed by atoms with Crippen LogP contribution in [0.1, 0.15) is 30.4 Å². The molecule has 5 heteroatoms. The highest BCUT2D eigenvalue weighted by atomic mass is 35.5. The molecular weight excluding hydrogens is 292 g/mol. The first-order valence-electron chi connectivity index (χ1n) is 6.82. The van der Waals surface area contributed by atoms with Crippen LogP contribution in [0, 0.1) is 6.92 Å². The summed E-state index contributed by atoms with van der Waals surface area (Å²) in [6.07, 6.45) is 4.98. The predicted octanol–water partition coefficient (Wildman–Crippen LogP) is 2.90. The summed E-state index contributed by atoms with van der Waals surface area (Å²) >= 11 is 1.73. The molecule has 0 aromatic heterocycles. The highest BCUT2D eigenvalue weighted by Gasteiger charge is 2.17. The number of carbonyl (C=O) groups is 1. The second-order valence-electron chi connectivity index (χ2n) is 5.09. The maximum atomic E-state index is 11.9. The Balaban J connectivity index is 0.00000200. The second-order valence-corrected chi connectivity index (χ2v) is 5.94. The van der Waals surface area contributed by atoms with Crippen molar-refractivity contribution in [2.24, 2.45) is 0 Å². The van der Waals surface area contributed by atoms with Gasteiger partial charge in [0.2, 0.25) is 5.91 Å². The molecule has 112 valence electrons. The molecule has 3 nitrogen and oxygen atoms in total. The standard InChI is InChI=1S/C15H22N2OS.ClH/c1-11-5-6-12(14(8-11)19-2)10-17-15(18)9-13-4-3-7-16-13;/h5-6,8,13,16H,3-4,7,9-10H2,1-2H3,(H,17,18);1H. The SMILES string of the molecule is CSc1cc(C)ccc1CNC(=O)CC1CCCN1.Cl. The van der Waals surface area contributed by atoms with Crippen molar-refractivity contribution >= 4 is 30.1 Å². The summed E-state index contributed by atoms with van der Waals surface area (Å²) in [6, 6.07) is 6.75. The lowest BCUT2D eigenvalue weighted by Crippen LogP contribution is -2.31. The fraction of sp³-hybridized carbons (Fsp3) is 0.533. The molecule has 1 aliphatic heterocycles. The molecule has 1 saturated heterocycles. The van der Waals surface area contributed by atoms with Gasteiger partial charge in [0.25, 0.3) is 0 Å². The van der Waals surface area contributed by atoms with Crippen LogP contribution in [0.4, 0.5) is 0 Å². The third-order valence-corrected chi connectivity index (χ3v) is 4.33. The van der Waals surface area contributed by atoms with Gasteiger partial charge in [-0.3, -0.25) is 4.79 Å². The Hall–Kier alpha value is -0.710. The number of halogens is 1. The molecule has 1 atom stereocenters. The Morgan fingerprint density at radius 2 is 2.30 bits per heavy atom. The maximum absolute atomic E-state index is 11.9. The zero-order valence-electron chi connectivity index (χ0n) is 12.1. The zero-order chi connectivity index (χ0) is 13.7. The van der Waals surface area contributed by atoms with Crippen LogP contribution in [0.5, 0.6) is 0 Å². The van der Waals surface area contributed by atoms with Crippen LogP contribution in [0.15, 0.2) is 23.1 Å². The largest absolute Gasteiger partial charge is 0.352 e. The number of aryl methyl sites for hydroxylation is 1. The van der Waals surface area contributed by atoms with E-state index in [1.165, 1.54) is 22.4 Å². The predicted molar refractivity (Wildman–Crippen MR) is 87.7 cm³/mol. The average molecular weight is 315 g/mol. The van der Waals surface area contributed by atoms with Gasteiger partial charge in [0.05, 0.1) is 0 Å². The van der Waals surface area contributed by atoms with E-state index >= 15 is 0 Å². The van der Waals surface area contributed by atoms with Gasteiger partial charge in [-0.05, 0) is 49.8 Å². The monoisotopic (exact) mass is 314 g/mol. The minimum atomic E-state index is 0. The van der Waals surface area contributed by atoms with Crippen molar-refractivity contribution in [2.75, 3.05) is 12.8 Å². The van der Waals surface area contributed by atoms with Crippen LogP contribution in [-0.4, -0.2) is 24.7 Å². The van der Waals surface area contributed by atoms with E-state index in [9.17, 15) is 4.79 Å². The number of hydrogen-bond donors (Lipinski definition) is 2. The molecule has 0 saturated carbocycles. The van der Waals surface area contributed by atoms with Gasteiger partial charge < -0.3 is 10.6 Å². The van der Waals surface area contributed by atoms with Crippen molar-refractivity contribution in [3.05, 3.63) is 29.3 Å². The summed E-state index contributed by atoms with van der Waals surface area (Å²) in [5.74, 6) is 0.145. The number of thioether (sulfide) groups is 1. The number of nitrogens with one attached hydrogen (secondary N) is 2. The van der Waals surface area contributed by atoms with E-state index in [1.807, 2.05) is 0 Å². The lowest BCUT2D eigenvalue weighted by Gasteiger charge is -2.12. The molecule has 1 heterocycles. The fourth-order valence-electron chi connectivity index (χ4n) is 2.42. The van der Waals surface area contributed by atoms with Gasteiger partial charge in [-0.25, -0.2) is 0 Å². The molecule has 1 amide bonds. The third-order valence-electron chi connectivity index (χ3n) is 3.51. The Morgan fingerprint density at radius 3 is 2.95 bits per heavy atom. The van der Waals surface area contributed by atoms with Gasteiger partial charge in [-0.1, -0.05) is 12.1 Å². The second kappa shape index (κ2) is 8.55. The summed E-state index contributed by atoms with van der Waals surface area (Å²) in [4.78, 5) is 13.1. The van der Waals surface area contributed by atoms with Crippen molar-refractivity contribution in [1.29, 1.82) is 0 Å². The van der Waals surface area contributed by atoms with Crippen molar-refractivity contribution < 1.29 is 4.79 Å². The summed E-state index contributed by atoms with van der Waals surface area (Å²) in [7, 11) is 0. The first-order valence-corrected chi connectivity index (χ1v) is 8.05. The minimum absolute atomic E-state index is 0. The van der Waals surface area contributed by atoms with Crippen LogP contribution in [0.2, 0.25) is 0 Å². The summed E-state index contributed by atoms with van der Waals surface area (Å²) in [5, 5.41) is 6.38. The summed E-state index contributed by atoms with van der Waals surface area (Å²) in [6.45, 7) is 3.77. The quantitative estimate of drug-likeness (QED) is 0.821. The van der Waals surface area contributed by atoms with Crippen molar-refractivity contribution in [1.82, 2.24) is 10.6 Å². The van der Waals surface area contributed by atoms with E-state index < -0.39 is 0 Å². The van der Waals surface area contributed by atoms with E-state index in [2.05, 4.69) is 42.0 Å². The zero-order valence-corrected chi connectivity index (χ0v) is 13.7. The topological polar surface area (TPSA) is 41.1 Å². The lowest BCUT2D eigenvalue weighted by molar-refractivity contribution is -0.121. The fourth-order valence-corrected chi connectivity index (χ4v) is 3.12. The van der Waals surface area contributed by atoms with Crippen molar-refractivity contribution in [3.63, 3.8) is 0 Å². The van der Waals surface area contributed by atoms with Gasteiger partial charge in [0, 0.05) is 23.9 Å². The maximum Gasteiger partial charge on any atom is 0.221 e. The molecule has 1 aromatic carbocycles. The molecule has 1 aliphatic rings. The number of amides is 1. The lowest BCUT2D eigenvalue weighted by atomic mass is 10.1. The summed E-state index contributed by atoms with van der Waals surface area (Å²) in [5.41, 5.74) is 2.46. The van der Waals surface area contributed by atoms with Gasteiger partial charge in [-0.15, -0.1) is 24.2 Å². The van der Waals surface area contributed by atoms with Crippen LogP contribution in [0.3, 0.4) is 0 Å².